The predicted octanol–water partition coefficient (Wildman–Crippen LogP) is 1.60. The van der Waals surface area contributed by atoms with Gasteiger partial charge in [-0.2, -0.15) is 0 Å². The van der Waals surface area contributed by atoms with E-state index in [2.05, 4.69) is 10.6 Å². The Morgan fingerprint density at radius 3 is 3.00 bits per heavy atom. The smallest absolute Gasteiger partial charge is 0.234 e. The van der Waals surface area contributed by atoms with Gasteiger partial charge in [0.05, 0.1) is 12.6 Å². The fraction of sp³-hybridized carbons (Fsp3) is 0.533. The first-order valence-corrected chi connectivity index (χ1v) is 7.02. The molecular weight excluding hydrogens is 259 g/mol. The lowest BCUT2D eigenvalue weighted by molar-refractivity contribution is -0.120. The van der Waals surface area contributed by atoms with Gasteiger partial charge in [-0.25, -0.2) is 4.39 Å². The standard InChI is InChI=1S/C15H21FN2O2/c1-11(14-7-4-8-20-14)17-10-15(19)18-9-12-5-2-3-6-13(12)16/h2-3,5-6,11,14,17H,4,7-10H2,1H3,(H,18,19)/t11-,14+/m1/s1. The van der Waals surface area contributed by atoms with E-state index in [0.717, 1.165) is 19.4 Å². The van der Waals surface area contributed by atoms with E-state index < -0.39 is 0 Å². The van der Waals surface area contributed by atoms with Crippen molar-refractivity contribution in [2.75, 3.05) is 13.2 Å². The third-order valence-corrected chi connectivity index (χ3v) is 3.54. The molecule has 20 heavy (non-hydrogen) atoms. The van der Waals surface area contributed by atoms with E-state index in [-0.39, 0.29) is 37.0 Å². The first-order valence-electron chi connectivity index (χ1n) is 7.02. The quantitative estimate of drug-likeness (QED) is 0.832. The second kappa shape index (κ2) is 7.36. The van der Waals surface area contributed by atoms with Gasteiger partial charge in [-0.1, -0.05) is 18.2 Å². The van der Waals surface area contributed by atoms with Gasteiger partial charge in [0.2, 0.25) is 5.91 Å². The van der Waals surface area contributed by atoms with Gasteiger partial charge in [0, 0.05) is 24.8 Å². The minimum atomic E-state index is -0.298. The molecule has 0 aromatic heterocycles. The number of amides is 1. The first-order chi connectivity index (χ1) is 9.66. The summed E-state index contributed by atoms with van der Waals surface area (Å²) in [7, 11) is 0. The number of carbonyl (C=O) groups excluding carboxylic acids is 1. The van der Waals surface area contributed by atoms with Crippen LogP contribution in [-0.2, 0) is 16.1 Å². The molecule has 1 aliphatic heterocycles. The summed E-state index contributed by atoms with van der Waals surface area (Å²) in [6, 6.07) is 6.59. The van der Waals surface area contributed by atoms with Crippen molar-refractivity contribution in [1.29, 1.82) is 0 Å². The number of nitrogens with one attached hydrogen (secondary N) is 2. The highest BCUT2D eigenvalue weighted by Gasteiger charge is 2.22. The summed E-state index contributed by atoms with van der Waals surface area (Å²) in [5.74, 6) is -0.438. The van der Waals surface area contributed by atoms with Gasteiger partial charge in [-0.15, -0.1) is 0 Å². The van der Waals surface area contributed by atoms with Crippen molar-refractivity contribution in [1.82, 2.24) is 10.6 Å². The molecular formula is C15H21FN2O2. The summed E-state index contributed by atoms with van der Waals surface area (Å²) in [6.07, 6.45) is 2.30. The Hall–Kier alpha value is -1.46. The van der Waals surface area contributed by atoms with Crippen molar-refractivity contribution in [2.45, 2.75) is 38.5 Å². The molecule has 0 bridgehead atoms. The maximum absolute atomic E-state index is 13.4. The normalized spacial score (nSPS) is 19.8. The molecule has 2 atom stereocenters. The zero-order valence-corrected chi connectivity index (χ0v) is 11.7. The summed E-state index contributed by atoms with van der Waals surface area (Å²) < 4.78 is 18.9. The molecule has 1 aliphatic rings. The molecule has 0 spiro atoms. The fourth-order valence-corrected chi connectivity index (χ4v) is 2.28. The number of halogens is 1. The predicted molar refractivity (Wildman–Crippen MR) is 74.7 cm³/mol. The zero-order valence-electron chi connectivity index (χ0n) is 11.7. The summed E-state index contributed by atoms with van der Waals surface area (Å²) in [5.41, 5.74) is 0.494. The molecule has 0 aliphatic carbocycles. The van der Waals surface area contributed by atoms with Gasteiger partial charge >= 0.3 is 0 Å². The van der Waals surface area contributed by atoms with Crippen LogP contribution in [-0.4, -0.2) is 31.2 Å². The highest BCUT2D eigenvalue weighted by molar-refractivity contribution is 5.78. The van der Waals surface area contributed by atoms with Crippen LogP contribution in [0.4, 0.5) is 4.39 Å². The number of ether oxygens (including phenoxy) is 1. The van der Waals surface area contributed by atoms with Gasteiger partial charge in [0.25, 0.3) is 0 Å². The van der Waals surface area contributed by atoms with E-state index in [1.165, 1.54) is 6.07 Å². The average molecular weight is 280 g/mol. The number of hydrogen-bond acceptors (Lipinski definition) is 3. The molecule has 0 radical (unpaired) electrons. The molecule has 5 heteroatoms. The van der Waals surface area contributed by atoms with E-state index in [4.69, 9.17) is 4.74 Å². The maximum atomic E-state index is 13.4. The molecule has 1 saturated heterocycles. The maximum Gasteiger partial charge on any atom is 0.234 e. The van der Waals surface area contributed by atoms with Gasteiger partial charge < -0.3 is 15.4 Å². The SMILES string of the molecule is C[C@@H](NCC(=O)NCc1ccccc1F)[C@@H]1CCCO1. The van der Waals surface area contributed by atoms with Gasteiger partial charge in [-0.3, -0.25) is 4.79 Å². The molecule has 2 rings (SSSR count). The molecule has 0 saturated carbocycles. The van der Waals surface area contributed by atoms with Gasteiger partial charge in [0.1, 0.15) is 5.82 Å². The Kier molecular flexibility index (Phi) is 5.49. The Morgan fingerprint density at radius 1 is 1.50 bits per heavy atom. The molecule has 1 fully saturated rings. The molecule has 1 amide bonds. The minimum Gasteiger partial charge on any atom is -0.377 e. The molecule has 1 heterocycles. The minimum absolute atomic E-state index is 0.141. The van der Waals surface area contributed by atoms with Gasteiger partial charge in [0.15, 0.2) is 0 Å². The fourth-order valence-electron chi connectivity index (χ4n) is 2.28. The summed E-state index contributed by atoms with van der Waals surface area (Å²) >= 11 is 0. The van der Waals surface area contributed by atoms with E-state index in [1.54, 1.807) is 18.2 Å². The van der Waals surface area contributed by atoms with Crippen LogP contribution in [0, 0.1) is 5.82 Å². The number of benzene rings is 1. The van der Waals surface area contributed by atoms with Crippen molar-refractivity contribution in [2.24, 2.45) is 0 Å². The second-order valence-electron chi connectivity index (χ2n) is 5.09. The van der Waals surface area contributed by atoms with Crippen LogP contribution in [0.5, 0.6) is 0 Å². The molecule has 1 aromatic rings. The van der Waals surface area contributed by atoms with Crippen LogP contribution in [0.2, 0.25) is 0 Å². The van der Waals surface area contributed by atoms with E-state index in [0.29, 0.717) is 5.56 Å². The topological polar surface area (TPSA) is 50.4 Å². The van der Waals surface area contributed by atoms with Crippen LogP contribution in [0.1, 0.15) is 25.3 Å². The van der Waals surface area contributed by atoms with E-state index >= 15 is 0 Å². The number of carbonyl (C=O) groups is 1. The highest BCUT2D eigenvalue weighted by atomic mass is 19.1. The van der Waals surface area contributed by atoms with Crippen molar-refractivity contribution in [3.05, 3.63) is 35.6 Å². The van der Waals surface area contributed by atoms with Crippen LogP contribution in [0.25, 0.3) is 0 Å². The van der Waals surface area contributed by atoms with Crippen molar-refractivity contribution in [3.63, 3.8) is 0 Å². The van der Waals surface area contributed by atoms with Gasteiger partial charge in [-0.05, 0) is 25.8 Å². The molecule has 1 aromatic carbocycles. The molecule has 0 unspecified atom stereocenters. The highest BCUT2D eigenvalue weighted by Crippen LogP contribution is 2.15. The first kappa shape index (κ1) is 14.9. The van der Waals surface area contributed by atoms with Crippen LogP contribution in [0.15, 0.2) is 24.3 Å². The lowest BCUT2D eigenvalue weighted by Crippen LogP contribution is -2.43. The lowest BCUT2D eigenvalue weighted by atomic mass is 10.1. The van der Waals surface area contributed by atoms with Crippen LogP contribution >= 0.6 is 0 Å². The Morgan fingerprint density at radius 2 is 2.30 bits per heavy atom. The summed E-state index contributed by atoms with van der Waals surface area (Å²) in [6.45, 7) is 3.24. The lowest BCUT2D eigenvalue weighted by Gasteiger charge is -2.19. The van der Waals surface area contributed by atoms with Crippen molar-refractivity contribution in [3.8, 4) is 0 Å². The second-order valence-corrected chi connectivity index (χ2v) is 5.09. The van der Waals surface area contributed by atoms with Crippen molar-refractivity contribution >= 4 is 5.91 Å². The number of hydrogen-bond donors (Lipinski definition) is 2. The molecule has 2 N–H and O–H groups in total. The Bertz CT molecular complexity index is 447. The van der Waals surface area contributed by atoms with Crippen molar-refractivity contribution < 1.29 is 13.9 Å². The number of rotatable bonds is 6. The monoisotopic (exact) mass is 280 g/mol. The summed E-state index contributed by atoms with van der Waals surface area (Å²) in [5, 5.41) is 5.85. The Balaban J connectivity index is 1.69. The largest absolute Gasteiger partial charge is 0.377 e. The molecule has 110 valence electrons. The van der Waals surface area contributed by atoms with E-state index in [1.807, 2.05) is 6.92 Å². The Labute approximate surface area is 118 Å². The third kappa shape index (κ3) is 4.28. The average Bonchev–Trinajstić information content (AvgIpc) is 2.98. The van der Waals surface area contributed by atoms with Crippen LogP contribution in [0.3, 0.4) is 0 Å². The third-order valence-electron chi connectivity index (χ3n) is 3.54. The summed E-state index contributed by atoms with van der Waals surface area (Å²) in [4.78, 5) is 11.7. The van der Waals surface area contributed by atoms with Crippen LogP contribution < -0.4 is 10.6 Å². The zero-order chi connectivity index (χ0) is 14.4. The molecule has 4 nitrogen and oxygen atoms in total. The van der Waals surface area contributed by atoms with E-state index in [9.17, 15) is 9.18 Å².